The molecule has 1 aromatic rings. The van der Waals surface area contributed by atoms with E-state index in [9.17, 15) is 9.59 Å². The number of benzene rings is 1. The van der Waals surface area contributed by atoms with Gasteiger partial charge in [-0.3, -0.25) is 9.59 Å². The van der Waals surface area contributed by atoms with Crippen molar-refractivity contribution in [2.45, 2.75) is 33.6 Å². The lowest BCUT2D eigenvalue weighted by atomic mass is 10.1. The van der Waals surface area contributed by atoms with Gasteiger partial charge in [0.1, 0.15) is 12.4 Å². The molecular weight excluding hydrogens is 244 g/mol. The molecule has 0 saturated carbocycles. The summed E-state index contributed by atoms with van der Waals surface area (Å²) in [5.74, 6) is 0.297. The molecule has 0 aliphatic rings. The molecule has 0 radical (unpaired) electrons. The van der Waals surface area contributed by atoms with Gasteiger partial charge in [0.15, 0.2) is 5.78 Å². The molecule has 4 nitrogen and oxygen atoms in total. The molecule has 1 aromatic carbocycles. The highest BCUT2D eigenvalue weighted by Gasteiger charge is 2.10. The summed E-state index contributed by atoms with van der Waals surface area (Å²) in [4.78, 5) is 22.7. The van der Waals surface area contributed by atoms with Gasteiger partial charge >= 0.3 is 5.97 Å². The Hall–Kier alpha value is -1.84. The topological polar surface area (TPSA) is 52.6 Å². The normalized spacial score (nSPS) is 10.1. The van der Waals surface area contributed by atoms with Crippen molar-refractivity contribution in [2.75, 3.05) is 13.2 Å². The molecular formula is C15H20O4. The predicted octanol–water partition coefficient (Wildman–Crippen LogP) is 2.59. The number of carbonyl (C=O) groups excluding carboxylic acids is 2. The van der Waals surface area contributed by atoms with Gasteiger partial charge in [0.25, 0.3) is 0 Å². The second-order valence-corrected chi connectivity index (χ2v) is 4.35. The largest absolute Gasteiger partial charge is 0.485 e. The van der Waals surface area contributed by atoms with E-state index in [-0.39, 0.29) is 31.2 Å². The zero-order valence-corrected chi connectivity index (χ0v) is 11.7. The van der Waals surface area contributed by atoms with E-state index in [1.807, 2.05) is 32.0 Å². The molecule has 0 aliphatic heterocycles. The lowest BCUT2D eigenvalue weighted by Gasteiger charge is -2.11. The molecule has 0 spiro atoms. The van der Waals surface area contributed by atoms with E-state index in [2.05, 4.69) is 0 Å². The summed E-state index contributed by atoms with van der Waals surface area (Å²) in [6.07, 6.45) is 0.270. The Kier molecular flexibility index (Phi) is 6.06. The molecule has 104 valence electrons. The molecule has 0 N–H and O–H groups in total. The number of ketones is 1. The fourth-order valence-corrected chi connectivity index (χ4v) is 1.73. The van der Waals surface area contributed by atoms with Gasteiger partial charge in [-0.05, 0) is 31.9 Å². The molecule has 0 atom stereocenters. The Morgan fingerprint density at radius 2 is 1.74 bits per heavy atom. The fourth-order valence-electron chi connectivity index (χ4n) is 1.73. The molecule has 19 heavy (non-hydrogen) atoms. The van der Waals surface area contributed by atoms with E-state index in [0.29, 0.717) is 6.61 Å². The number of rotatable bonds is 7. The fraction of sp³-hybridized carbons (Fsp3) is 0.467. The Morgan fingerprint density at radius 1 is 1.11 bits per heavy atom. The van der Waals surface area contributed by atoms with E-state index in [1.165, 1.54) is 0 Å². The standard InChI is InChI=1S/C15H20O4/c1-4-18-14(17)9-8-13(16)10-19-15-11(2)6-5-7-12(15)3/h5-7H,4,8-10H2,1-3H3. The van der Waals surface area contributed by atoms with Gasteiger partial charge in [-0.15, -0.1) is 0 Å². The van der Waals surface area contributed by atoms with E-state index in [1.54, 1.807) is 6.92 Å². The number of hydrogen-bond acceptors (Lipinski definition) is 4. The summed E-state index contributed by atoms with van der Waals surface area (Å²) in [7, 11) is 0. The van der Waals surface area contributed by atoms with Crippen LogP contribution < -0.4 is 4.74 Å². The number of ether oxygens (including phenoxy) is 2. The van der Waals surface area contributed by atoms with E-state index >= 15 is 0 Å². The minimum absolute atomic E-state index is 0.00883. The van der Waals surface area contributed by atoms with Crippen LogP contribution in [0, 0.1) is 13.8 Å². The number of Topliss-reactive ketones (excluding diaryl/α,β-unsaturated/α-hetero) is 1. The molecule has 0 aromatic heterocycles. The van der Waals surface area contributed by atoms with E-state index < -0.39 is 0 Å². The molecule has 0 saturated heterocycles. The van der Waals surface area contributed by atoms with Crippen LogP contribution >= 0.6 is 0 Å². The smallest absolute Gasteiger partial charge is 0.306 e. The highest BCUT2D eigenvalue weighted by molar-refractivity contribution is 5.84. The Labute approximate surface area is 113 Å². The minimum Gasteiger partial charge on any atom is -0.485 e. The zero-order valence-electron chi connectivity index (χ0n) is 11.7. The second kappa shape index (κ2) is 7.56. The van der Waals surface area contributed by atoms with Crippen molar-refractivity contribution < 1.29 is 19.1 Å². The summed E-state index contributed by atoms with van der Waals surface area (Å²) in [6, 6.07) is 5.82. The Morgan fingerprint density at radius 3 is 2.32 bits per heavy atom. The van der Waals surface area contributed by atoms with Crippen LogP contribution in [-0.2, 0) is 14.3 Å². The van der Waals surface area contributed by atoms with Gasteiger partial charge in [-0.2, -0.15) is 0 Å². The van der Waals surface area contributed by atoms with Crippen molar-refractivity contribution in [3.63, 3.8) is 0 Å². The third-order valence-corrected chi connectivity index (χ3v) is 2.70. The summed E-state index contributed by atoms with van der Waals surface area (Å²) in [5, 5.41) is 0. The Bertz CT molecular complexity index is 431. The first-order valence-corrected chi connectivity index (χ1v) is 6.41. The van der Waals surface area contributed by atoms with E-state index in [4.69, 9.17) is 9.47 Å². The van der Waals surface area contributed by atoms with Crippen LogP contribution in [0.1, 0.15) is 30.9 Å². The average molecular weight is 264 g/mol. The maximum absolute atomic E-state index is 11.6. The maximum Gasteiger partial charge on any atom is 0.306 e. The highest BCUT2D eigenvalue weighted by Crippen LogP contribution is 2.22. The first-order chi connectivity index (χ1) is 9.04. The van der Waals surface area contributed by atoms with Crippen molar-refractivity contribution in [1.82, 2.24) is 0 Å². The summed E-state index contributed by atoms with van der Waals surface area (Å²) in [6.45, 7) is 5.94. The quantitative estimate of drug-likeness (QED) is 0.710. The molecule has 0 heterocycles. The van der Waals surface area contributed by atoms with Gasteiger partial charge < -0.3 is 9.47 Å². The molecule has 4 heteroatoms. The van der Waals surface area contributed by atoms with Crippen LogP contribution in [0.2, 0.25) is 0 Å². The van der Waals surface area contributed by atoms with Crippen molar-refractivity contribution >= 4 is 11.8 Å². The van der Waals surface area contributed by atoms with Crippen LogP contribution in [0.5, 0.6) is 5.75 Å². The van der Waals surface area contributed by atoms with Crippen molar-refractivity contribution in [1.29, 1.82) is 0 Å². The molecule has 1 rings (SSSR count). The number of esters is 1. The van der Waals surface area contributed by atoms with Crippen molar-refractivity contribution in [2.24, 2.45) is 0 Å². The molecule has 0 amide bonds. The SMILES string of the molecule is CCOC(=O)CCC(=O)COc1c(C)cccc1C. The molecule has 0 unspecified atom stereocenters. The summed E-state index contributed by atoms with van der Waals surface area (Å²) in [5.41, 5.74) is 2.00. The average Bonchev–Trinajstić information content (AvgIpc) is 2.36. The van der Waals surface area contributed by atoms with Crippen LogP contribution in [0.4, 0.5) is 0 Å². The number of para-hydroxylation sites is 1. The first kappa shape index (κ1) is 15.2. The molecule has 0 bridgehead atoms. The molecule has 0 fully saturated rings. The monoisotopic (exact) mass is 264 g/mol. The predicted molar refractivity (Wildman–Crippen MR) is 72.3 cm³/mol. The lowest BCUT2D eigenvalue weighted by Crippen LogP contribution is -2.14. The van der Waals surface area contributed by atoms with Gasteiger partial charge in [0.2, 0.25) is 0 Å². The third-order valence-electron chi connectivity index (χ3n) is 2.70. The van der Waals surface area contributed by atoms with Crippen molar-refractivity contribution in [3.05, 3.63) is 29.3 Å². The highest BCUT2D eigenvalue weighted by atomic mass is 16.5. The third kappa shape index (κ3) is 5.12. The summed E-state index contributed by atoms with van der Waals surface area (Å²) >= 11 is 0. The summed E-state index contributed by atoms with van der Waals surface area (Å²) < 4.78 is 10.3. The van der Waals surface area contributed by atoms with Crippen LogP contribution in [0.25, 0.3) is 0 Å². The number of hydrogen-bond donors (Lipinski definition) is 0. The van der Waals surface area contributed by atoms with Gasteiger partial charge in [0.05, 0.1) is 13.0 Å². The first-order valence-electron chi connectivity index (χ1n) is 6.41. The maximum atomic E-state index is 11.6. The van der Waals surface area contributed by atoms with Crippen LogP contribution in [0.15, 0.2) is 18.2 Å². The number of carbonyl (C=O) groups is 2. The zero-order chi connectivity index (χ0) is 14.3. The minimum atomic E-state index is -0.345. The Balaban J connectivity index is 2.40. The molecule has 0 aliphatic carbocycles. The lowest BCUT2D eigenvalue weighted by molar-refractivity contribution is -0.144. The number of aryl methyl sites for hydroxylation is 2. The van der Waals surface area contributed by atoms with Gasteiger partial charge in [-0.1, -0.05) is 18.2 Å². The van der Waals surface area contributed by atoms with E-state index in [0.717, 1.165) is 16.9 Å². The van der Waals surface area contributed by atoms with Gasteiger partial charge in [0, 0.05) is 6.42 Å². The van der Waals surface area contributed by atoms with Gasteiger partial charge in [-0.25, -0.2) is 0 Å². The van der Waals surface area contributed by atoms with Crippen LogP contribution in [0.3, 0.4) is 0 Å². The van der Waals surface area contributed by atoms with Crippen LogP contribution in [-0.4, -0.2) is 25.0 Å². The second-order valence-electron chi connectivity index (χ2n) is 4.35. The van der Waals surface area contributed by atoms with Crippen molar-refractivity contribution in [3.8, 4) is 5.75 Å².